The highest BCUT2D eigenvalue weighted by atomic mass is 16.7. The highest BCUT2D eigenvalue weighted by molar-refractivity contribution is 5.29. The van der Waals surface area contributed by atoms with Crippen molar-refractivity contribution in [3.05, 3.63) is 59.7 Å². The van der Waals surface area contributed by atoms with Gasteiger partial charge in [0, 0.05) is 0 Å². The van der Waals surface area contributed by atoms with Gasteiger partial charge in [-0.3, -0.25) is 0 Å². The summed E-state index contributed by atoms with van der Waals surface area (Å²) in [5.41, 5.74) is 2.62. The first-order valence-electron chi connectivity index (χ1n) is 9.06. The number of benzene rings is 2. The molecule has 25 heavy (non-hydrogen) atoms. The van der Waals surface area contributed by atoms with Gasteiger partial charge in [-0.1, -0.05) is 52.0 Å². The molecule has 0 aliphatic heterocycles. The van der Waals surface area contributed by atoms with Gasteiger partial charge in [0.25, 0.3) is 0 Å². The normalized spacial score (nSPS) is 12.4. The van der Waals surface area contributed by atoms with Crippen LogP contribution in [0.2, 0.25) is 0 Å². The summed E-state index contributed by atoms with van der Waals surface area (Å²) >= 11 is 0. The minimum Gasteiger partial charge on any atom is -0.491 e. The van der Waals surface area contributed by atoms with E-state index < -0.39 is 0 Å². The third-order valence-corrected chi connectivity index (χ3v) is 4.10. The van der Waals surface area contributed by atoms with Gasteiger partial charge in [-0.2, -0.15) is 0 Å². The summed E-state index contributed by atoms with van der Waals surface area (Å²) in [6, 6.07) is 16.4. The lowest BCUT2D eigenvalue weighted by Gasteiger charge is -2.16. The Labute approximate surface area is 151 Å². The number of rotatable bonds is 9. The quantitative estimate of drug-likeness (QED) is 0.429. The number of ether oxygens (including phenoxy) is 3. The molecule has 0 radical (unpaired) electrons. The van der Waals surface area contributed by atoms with E-state index in [-0.39, 0.29) is 6.29 Å². The van der Waals surface area contributed by atoms with Crippen LogP contribution in [0.5, 0.6) is 11.5 Å². The molecule has 0 saturated carbocycles. The minimum absolute atomic E-state index is 0.309. The fourth-order valence-corrected chi connectivity index (χ4v) is 2.48. The smallest absolute Gasteiger partial charge is 0.197 e. The van der Waals surface area contributed by atoms with E-state index in [9.17, 15) is 0 Å². The van der Waals surface area contributed by atoms with Crippen LogP contribution >= 0.6 is 0 Å². The van der Waals surface area contributed by atoms with Crippen LogP contribution in [0.15, 0.2) is 48.5 Å². The fourth-order valence-electron chi connectivity index (χ4n) is 2.48. The Morgan fingerprint density at radius 1 is 0.640 bits per heavy atom. The fraction of sp³-hybridized carbons (Fsp3) is 0.455. The molecule has 1 unspecified atom stereocenters. The predicted molar refractivity (Wildman–Crippen MR) is 103 cm³/mol. The Morgan fingerprint density at radius 3 is 1.60 bits per heavy atom. The Morgan fingerprint density at radius 2 is 1.12 bits per heavy atom. The van der Waals surface area contributed by atoms with Crippen molar-refractivity contribution in [2.75, 3.05) is 13.2 Å². The maximum absolute atomic E-state index is 5.77. The first kappa shape index (κ1) is 19.3. The second-order valence-corrected chi connectivity index (χ2v) is 6.85. The lowest BCUT2D eigenvalue weighted by molar-refractivity contribution is -0.0739. The molecule has 0 saturated heterocycles. The van der Waals surface area contributed by atoms with Crippen molar-refractivity contribution >= 4 is 0 Å². The second-order valence-electron chi connectivity index (χ2n) is 6.85. The molecule has 0 amide bonds. The maximum atomic E-state index is 5.77. The van der Waals surface area contributed by atoms with Crippen molar-refractivity contribution in [3.8, 4) is 11.5 Å². The van der Waals surface area contributed by atoms with Crippen molar-refractivity contribution in [2.24, 2.45) is 0 Å². The van der Waals surface area contributed by atoms with Crippen LogP contribution in [0.4, 0.5) is 0 Å². The zero-order valence-electron chi connectivity index (χ0n) is 16.0. The van der Waals surface area contributed by atoms with E-state index in [0.29, 0.717) is 25.0 Å². The summed E-state index contributed by atoms with van der Waals surface area (Å²) < 4.78 is 17.1. The molecule has 0 aliphatic carbocycles. The average molecular weight is 342 g/mol. The van der Waals surface area contributed by atoms with E-state index in [4.69, 9.17) is 14.2 Å². The van der Waals surface area contributed by atoms with Gasteiger partial charge in [-0.15, -0.1) is 0 Å². The molecule has 0 spiro atoms. The van der Waals surface area contributed by atoms with Crippen LogP contribution in [0.1, 0.15) is 57.6 Å². The Hall–Kier alpha value is -2.00. The van der Waals surface area contributed by atoms with Gasteiger partial charge in [0.1, 0.15) is 18.1 Å². The van der Waals surface area contributed by atoms with E-state index >= 15 is 0 Å². The van der Waals surface area contributed by atoms with Crippen molar-refractivity contribution in [1.82, 2.24) is 0 Å². The first-order valence-corrected chi connectivity index (χ1v) is 9.06. The van der Waals surface area contributed by atoms with Crippen molar-refractivity contribution in [1.29, 1.82) is 0 Å². The molecular formula is C22H30O3. The van der Waals surface area contributed by atoms with E-state index in [1.165, 1.54) is 11.1 Å². The largest absolute Gasteiger partial charge is 0.491 e. The van der Waals surface area contributed by atoms with Crippen LogP contribution < -0.4 is 9.47 Å². The summed E-state index contributed by atoms with van der Waals surface area (Å²) in [6.07, 6.45) is -0.309. The molecule has 1 atom stereocenters. The summed E-state index contributed by atoms with van der Waals surface area (Å²) in [6.45, 7) is 11.6. The molecule has 0 aromatic heterocycles. The third-order valence-electron chi connectivity index (χ3n) is 4.10. The highest BCUT2D eigenvalue weighted by Crippen LogP contribution is 2.20. The molecule has 3 heteroatoms. The van der Waals surface area contributed by atoms with Crippen molar-refractivity contribution in [2.45, 2.75) is 52.7 Å². The predicted octanol–water partition coefficient (Wildman–Crippen LogP) is 5.75. The molecular weight excluding hydrogens is 312 g/mol. The Balaban J connectivity index is 1.68. The molecule has 0 heterocycles. The number of hydrogen-bond donors (Lipinski definition) is 0. The molecule has 0 bridgehead atoms. The summed E-state index contributed by atoms with van der Waals surface area (Å²) in [5, 5.41) is 0. The van der Waals surface area contributed by atoms with Crippen molar-refractivity contribution in [3.63, 3.8) is 0 Å². The molecule has 2 aromatic rings. The maximum Gasteiger partial charge on any atom is 0.197 e. The van der Waals surface area contributed by atoms with Crippen LogP contribution in [-0.4, -0.2) is 19.5 Å². The van der Waals surface area contributed by atoms with Gasteiger partial charge in [0.05, 0.1) is 6.61 Å². The zero-order chi connectivity index (χ0) is 18.2. The van der Waals surface area contributed by atoms with E-state index in [2.05, 4.69) is 52.0 Å². The lowest BCUT2D eigenvalue weighted by atomic mass is 10.0. The van der Waals surface area contributed by atoms with E-state index in [0.717, 1.165) is 11.5 Å². The standard InChI is InChI=1S/C22H30O3/c1-16(2)19-6-10-21(11-7-19)24-15-14-23-18(5)25-22-12-8-20(9-13-22)17(3)4/h6-13,16-18H,14-15H2,1-5H3. The van der Waals surface area contributed by atoms with E-state index in [1.54, 1.807) is 0 Å². The van der Waals surface area contributed by atoms with Crippen LogP contribution in [0.25, 0.3) is 0 Å². The second kappa shape index (κ2) is 9.47. The Kier molecular flexibility index (Phi) is 7.32. The molecule has 2 aromatic carbocycles. The average Bonchev–Trinajstić information content (AvgIpc) is 2.59. The van der Waals surface area contributed by atoms with E-state index in [1.807, 2.05) is 31.2 Å². The van der Waals surface area contributed by atoms with Crippen LogP contribution in [-0.2, 0) is 4.74 Å². The summed E-state index contributed by atoms with van der Waals surface area (Å²) in [4.78, 5) is 0. The highest BCUT2D eigenvalue weighted by Gasteiger charge is 2.06. The van der Waals surface area contributed by atoms with Gasteiger partial charge in [-0.25, -0.2) is 0 Å². The van der Waals surface area contributed by atoms with Gasteiger partial charge in [0.2, 0.25) is 0 Å². The SMILES string of the molecule is CC(OCCOc1ccc(C(C)C)cc1)Oc1ccc(C(C)C)cc1. The third kappa shape index (κ3) is 6.43. The molecule has 0 N–H and O–H groups in total. The minimum atomic E-state index is -0.309. The van der Waals surface area contributed by atoms with Crippen molar-refractivity contribution < 1.29 is 14.2 Å². The monoisotopic (exact) mass is 342 g/mol. The van der Waals surface area contributed by atoms with Gasteiger partial charge >= 0.3 is 0 Å². The molecule has 2 rings (SSSR count). The zero-order valence-corrected chi connectivity index (χ0v) is 16.0. The molecule has 0 aliphatic rings. The van der Waals surface area contributed by atoms with Crippen LogP contribution in [0, 0.1) is 0 Å². The summed E-state index contributed by atoms with van der Waals surface area (Å²) in [7, 11) is 0. The van der Waals surface area contributed by atoms with Gasteiger partial charge in [-0.05, 0) is 54.2 Å². The Bertz CT molecular complexity index is 615. The lowest BCUT2D eigenvalue weighted by Crippen LogP contribution is -2.19. The van der Waals surface area contributed by atoms with Gasteiger partial charge in [0.15, 0.2) is 6.29 Å². The molecule has 0 fully saturated rings. The first-order chi connectivity index (χ1) is 12.0. The van der Waals surface area contributed by atoms with Gasteiger partial charge < -0.3 is 14.2 Å². The topological polar surface area (TPSA) is 27.7 Å². The van der Waals surface area contributed by atoms with Crippen LogP contribution in [0.3, 0.4) is 0 Å². The number of hydrogen-bond acceptors (Lipinski definition) is 3. The molecule has 136 valence electrons. The molecule has 3 nitrogen and oxygen atoms in total. The summed E-state index contributed by atoms with van der Waals surface area (Å²) in [5.74, 6) is 2.74.